The van der Waals surface area contributed by atoms with Gasteiger partial charge in [0.1, 0.15) is 10.8 Å². The van der Waals surface area contributed by atoms with Crippen molar-refractivity contribution in [1.82, 2.24) is 10.2 Å². The van der Waals surface area contributed by atoms with Crippen molar-refractivity contribution in [3.8, 4) is 0 Å². The van der Waals surface area contributed by atoms with Crippen molar-refractivity contribution < 1.29 is 4.79 Å². The van der Waals surface area contributed by atoms with Crippen LogP contribution in [0.2, 0.25) is 0 Å². The molecule has 5 heteroatoms. The minimum atomic E-state index is -0.257. The maximum Gasteiger partial charge on any atom is 0.174 e. The molecular weight excluding hydrogens is 216 g/mol. The van der Waals surface area contributed by atoms with E-state index in [2.05, 4.69) is 10.2 Å². The third-order valence-electron chi connectivity index (χ3n) is 1.67. The molecule has 1 rings (SSSR count). The molecule has 0 saturated carbocycles. The number of hydrogen-bond donors (Lipinski definition) is 0. The van der Waals surface area contributed by atoms with Crippen LogP contribution < -0.4 is 0 Å². The van der Waals surface area contributed by atoms with Crippen LogP contribution in [0.15, 0.2) is 4.34 Å². The fourth-order valence-electron chi connectivity index (χ4n) is 0.681. The van der Waals surface area contributed by atoms with Crippen molar-refractivity contribution >= 4 is 28.9 Å². The average Bonchev–Trinajstić information content (AvgIpc) is 2.45. The van der Waals surface area contributed by atoms with Crippen molar-refractivity contribution in [3.63, 3.8) is 0 Å². The summed E-state index contributed by atoms with van der Waals surface area (Å²) in [6.45, 7) is 7.71. The van der Waals surface area contributed by atoms with E-state index in [9.17, 15) is 4.79 Å². The minimum absolute atomic E-state index is 0.246. The van der Waals surface area contributed by atoms with Crippen molar-refractivity contribution in [3.05, 3.63) is 5.01 Å². The molecule has 0 aliphatic rings. The van der Waals surface area contributed by atoms with Gasteiger partial charge in [-0.25, -0.2) is 0 Å². The third-order valence-corrected chi connectivity index (χ3v) is 3.64. The first-order valence-corrected chi connectivity index (χ1v) is 6.16. The minimum Gasteiger partial charge on any atom is -0.298 e. The Kier molecular flexibility index (Phi) is 3.66. The molecule has 0 spiro atoms. The predicted molar refractivity (Wildman–Crippen MR) is 59.8 cm³/mol. The normalized spacial score (nSPS) is 11.7. The van der Waals surface area contributed by atoms with E-state index in [1.54, 1.807) is 0 Å². The molecule has 3 nitrogen and oxygen atoms in total. The molecule has 0 unspecified atom stereocenters. The van der Waals surface area contributed by atoms with Crippen LogP contribution in [0.3, 0.4) is 0 Å². The molecular formula is C9H14N2OS2. The first-order valence-electron chi connectivity index (χ1n) is 4.36. The first kappa shape index (κ1) is 11.7. The molecule has 0 bridgehead atoms. The van der Waals surface area contributed by atoms with Crippen LogP contribution in [-0.2, 0) is 4.79 Å². The summed E-state index contributed by atoms with van der Waals surface area (Å²) in [6, 6.07) is 0. The zero-order chi connectivity index (χ0) is 10.8. The smallest absolute Gasteiger partial charge is 0.174 e. The lowest BCUT2D eigenvalue weighted by molar-refractivity contribution is -0.123. The van der Waals surface area contributed by atoms with Gasteiger partial charge in [0.25, 0.3) is 0 Å². The van der Waals surface area contributed by atoms with Crippen LogP contribution in [0.25, 0.3) is 0 Å². The van der Waals surface area contributed by atoms with Gasteiger partial charge in [0, 0.05) is 5.41 Å². The highest BCUT2D eigenvalue weighted by atomic mass is 32.2. The lowest BCUT2D eigenvalue weighted by Gasteiger charge is -2.15. The Morgan fingerprint density at radius 1 is 1.43 bits per heavy atom. The standard InChI is InChI=1S/C9H14N2OS2/c1-6-10-11-8(14-6)13-5-7(12)9(2,3)4/h5H2,1-4H3. The fraction of sp³-hybridized carbons (Fsp3) is 0.667. The predicted octanol–water partition coefficient (Wildman–Crippen LogP) is 2.55. The molecule has 1 aromatic heterocycles. The molecule has 0 amide bonds. The lowest BCUT2D eigenvalue weighted by Crippen LogP contribution is -2.21. The summed E-state index contributed by atoms with van der Waals surface area (Å²) in [6.07, 6.45) is 0. The topological polar surface area (TPSA) is 42.9 Å². The molecule has 0 saturated heterocycles. The van der Waals surface area contributed by atoms with Crippen molar-refractivity contribution in [1.29, 1.82) is 0 Å². The van der Waals surface area contributed by atoms with Crippen LogP contribution in [0, 0.1) is 12.3 Å². The Balaban J connectivity index is 2.46. The highest BCUT2D eigenvalue weighted by Crippen LogP contribution is 2.25. The van der Waals surface area contributed by atoms with E-state index >= 15 is 0 Å². The number of Topliss-reactive ketones (excluding diaryl/α,β-unsaturated/α-hetero) is 1. The second-order valence-corrected chi connectivity index (χ2v) is 6.45. The van der Waals surface area contributed by atoms with Crippen LogP contribution in [0.4, 0.5) is 0 Å². The quantitative estimate of drug-likeness (QED) is 0.748. The molecule has 0 N–H and O–H groups in total. The highest BCUT2D eigenvalue weighted by Gasteiger charge is 2.21. The van der Waals surface area contributed by atoms with Gasteiger partial charge in [-0.3, -0.25) is 4.79 Å². The Bertz CT molecular complexity index is 328. The number of rotatable bonds is 3. The molecule has 1 heterocycles. The number of aryl methyl sites for hydroxylation is 1. The van der Waals surface area contributed by atoms with Crippen molar-refractivity contribution in [2.24, 2.45) is 5.41 Å². The molecule has 0 radical (unpaired) electrons. The number of ketones is 1. The van der Waals surface area contributed by atoms with Gasteiger partial charge < -0.3 is 0 Å². The monoisotopic (exact) mass is 230 g/mol. The second kappa shape index (κ2) is 4.40. The summed E-state index contributed by atoms with van der Waals surface area (Å²) in [4.78, 5) is 11.6. The summed E-state index contributed by atoms with van der Waals surface area (Å²) >= 11 is 3.00. The zero-order valence-electron chi connectivity index (χ0n) is 8.83. The van der Waals surface area contributed by atoms with E-state index in [4.69, 9.17) is 0 Å². The molecule has 14 heavy (non-hydrogen) atoms. The van der Waals surface area contributed by atoms with E-state index in [1.165, 1.54) is 23.1 Å². The number of nitrogens with zero attached hydrogens (tertiary/aromatic N) is 2. The van der Waals surface area contributed by atoms with Crippen LogP contribution in [0.5, 0.6) is 0 Å². The molecule has 0 aliphatic carbocycles. The molecule has 0 atom stereocenters. The van der Waals surface area contributed by atoms with Crippen molar-refractivity contribution in [2.45, 2.75) is 32.0 Å². The van der Waals surface area contributed by atoms with Crippen LogP contribution >= 0.6 is 23.1 Å². The Hall–Kier alpha value is -0.420. The average molecular weight is 230 g/mol. The number of thioether (sulfide) groups is 1. The maximum atomic E-state index is 11.6. The Labute approximate surface area is 92.3 Å². The Morgan fingerprint density at radius 2 is 2.07 bits per heavy atom. The summed E-state index contributed by atoms with van der Waals surface area (Å²) in [5.41, 5.74) is -0.257. The van der Waals surface area contributed by atoms with Gasteiger partial charge in [-0.1, -0.05) is 43.9 Å². The van der Waals surface area contributed by atoms with Crippen molar-refractivity contribution in [2.75, 3.05) is 5.75 Å². The van der Waals surface area contributed by atoms with E-state index in [-0.39, 0.29) is 11.2 Å². The Morgan fingerprint density at radius 3 is 2.50 bits per heavy atom. The molecule has 1 aromatic rings. The molecule has 0 aliphatic heterocycles. The van der Waals surface area contributed by atoms with E-state index in [0.717, 1.165) is 9.35 Å². The molecule has 0 aromatic carbocycles. The van der Waals surface area contributed by atoms with Gasteiger partial charge >= 0.3 is 0 Å². The fourth-order valence-corrected chi connectivity index (χ4v) is 2.66. The number of aromatic nitrogens is 2. The van der Waals surface area contributed by atoms with E-state index in [1.807, 2.05) is 27.7 Å². The highest BCUT2D eigenvalue weighted by molar-refractivity contribution is 8.01. The number of carbonyl (C=O) groups is 1. The van der Waals surface area contributed by atoms with Gasteiger partial charge in [0.05, 0.1) is 5.75 Å². The molecule has 78 valence electrons. The molecule has 0 fully saturated rings. The number of hydrogen-bond acceptors (Lipinski definition) is 5. The van der Waals surface area contributed by atoms with Gasteiger partial charge in [0.2, 0.25) is 0 Å². The van der Waals surface area contributed by atoms with Gasteiger partial charge in [0.15, 0.2) is 4.34 Å². The van der Waals surface area contributed by atoms with E-state index < -0.39 is 0 Å². The number of carbonyl (C=O) groups excluding carboxylic acids is 1. The second-order valence-electron chi connectivity index (χ2n) is 4.05. The van der Waals surface area contributed by atoms with Crippen LogP contribution in [0.1, 0.15) is 25.8 Å². The SMILES string of the molecule is Cc1nnc(SCC(=O)C(C)(C)C)s1. The summed E-state index contributed by atoms with van der Waals surface area (Å²) in [5, 5.41) is 8.78. The van der Waals surface area contributed by atoms with Gasteiger partial charge in [-0.05, 0) is 6.92 Å². The lowest BCUT2D eigenvalue weighted by atomic mass is 9.92. The van der Waals surface area contributed by atoms with Crippen LogP contribution in [-0.4, -0.2) is 21.7 Å². The summed E-state index contributed by atoms with van der Waals surface area (Å²) in [7, 11) is 0. The van der Waals surface area contributed by atoms with E-state index in [0.29, 0.717) is 5.75 Å². The maximum absolute atomic E-state index is 11.6. The van der Waals surface area contributed by atoms with Gasteiger partial charge in [-0.2, -0.15) is 0 Å². The summed E-state index contributed by atoms with van der Waals surface area (Å²) in [5.74, 6) is 0.730. The summed E-state index contributed by atoms with van der Waals surface area (Å²) < 4.78 is 0.875. The largest absolute Gasteiger partial charge is 0.298 e. The third kappa shape index (κ3) is 3.38. The first-order chi connectivity index (χ1) is 6.39. The zero-order valence-corrected chi connectivity index (χ0v) is 10.5. The van der Waals surface area contributed by atoms with Gasteiger partial charge in [-0.15, -0.1) is 10.2 Å².